The van der Waals surface area contributed by atoms with E-state index < -0.39 is 10.0 Å². The van der Waals surface area contributed by atoms with Gasteiger partial charge in [0.2, 0.25) is 15.9 Å². The number of carbonyl (C=O) groups is 1. The number of aromatic amines is 1. The van der Waals surface area contributed by atoms with Crippen molar-refractivity contribution < 1.29 is 13.2 Å². The zero-order valence-corrected chi connectivity index (χ0v) is 16.7. The molecule has 1 aliphatic heterocycles. The van der Waals surface area contributed by atoms with Crippen LogP contribution < -0.4 is 5.32 Å². The number of thiophene rings is 1. The van der Waals surface area contributed by atoms with Crippen LogP contribution in [-0.4, -0.2) is 28.8 Å². The number of anilines is 1. The molecule has 7 nitrogen and oxygen atoms in total. The molecular weight excluding hydrogens is 396 g/mol. The Hall–Kier alpha value is -2.75. The molecule has 3 heterocycles. The average Bonchev–Trinajstić information content (AvgIpc) is 3.39. The highest BCUT2D eigenvalue weighted by Gasteiger charge is 2.34. The van der Waals surface area contributed by atoms with E-state index in [-0.39, 0.29) is 23.9 Å². The summed E-state index contributed by atoms with van der Waals surface area (Å²) in [5.74, 6) is 0.0400. The predicted molar refractivity (Wildman–Crippen MR) is 108 cm³/mol. The SMILES string of the molecule is Cc1ccccc1S(=O)(=O)N1Cc2[nH]nc(NC(=O)/C=C/c3ccsc3)c2C1. The maximum atomic E-state index is 13.0. The number of H-pyrrole nitrogens is 1. The summed E-state index contributed by atoms with van der Waals surface area (Å²) in [6, 6.07) is 8.81. The highest BCUT2D eigenvalue weighted by atomic mass is 32.2. The smallest absolute Gasteiger partial charge is 0.249 e. The number of rotatable bonds is 5. The van der Waals surface area contributed by atoms with Crippen molar-refractivity contribution in [3.05, 3.63) is 69.6 Å². The molecule has 0 radical (unpaired) electrons. The monoisotopic (exact) mass is 414 g/mol. The molecule has 3 aromatic rings. The van der Waals surface area contributed by atoms with Gasteiger partial charge in [0.1, 0.15) is 0 Å². The topological polar surface area (TPSA) is 95.2 Å². The van der Waals surface area contributed by atoms with Crippen LogP contribution in [0.1, 0.15) is 22.4 Å². The quantitative estimate of drug-likeness (QED) is 0.627. The summed E-state index contributed by atoms with van der Waals surface area (Å²) >= 11 is 1.55. The van der Waals surface area contributed by atoms with E-state index >= 15 is 0 Å². The minimum atomic E-state index is -3.63. The van der Waals surface area contributed by atoms with Gasteiger partial charge >= 0.3 is 0 Å². The molecule has 144 valence electrons. The lowest BCUT2D eigenvalue weighted by Crippen LogP contribution is -2.27. The van der Waals surface area contributed by atoms with Crippen LogP contribution >= 0.6 is 11.3 Å². The predicted octanol–water partition coefficient (Wildman–Crippen LogP) is 3.14. The molecule has 2 N–H and O–H groups in total. The summed E-state index contributed by atoms with van der Waals surface area (Å²) in [6.07, 6.45) is 3.15. The normalized spacial score (nSPS) is 14.5. The molecule has 1 amide bonds. The number of aryl methyl sites for hydroxylation is 1. The Labute approximate surface area is 166 Å². The molecular formula is C19H18N4O3S2. The van der Waals surface area contributed by atoms with Crippen LogP contribution in [0.4, 0.5) is 5.82 Å². The van der Waals surface area contributed by atoms with E-state index in [1.165, 1.54) is 10.4 Å². The van der Waals surface area contributed by atoms with Crippen molar-refractivity contribution in [1.82, 2.24) is 14.5 Å². The fourth-order valence-electron chi connectivity index (χ4n) is 3.07. The van der Waals surface area contributed by atoms with Gasteiger partial charge in [0.25, 0.3) is 0 Å². The van der Waals surface area contributed by atoms with Crippen molar-refractivity contribution in [3.63, 3.8) is 0 Å². The van der Waals surface area contributed by atoms with E-state index in [1.807, 2.05) is 22.9 Å². The Morgan fingerprint density at radius 3 is 2.86 bits per heavy atom. The summed E-state index contributed by atoms with van der Waals surface area (Å²) < 4.78 is 27.4. The third-order valence-corrected chi connectivity index (χ3v) is 7.20. The van der Waals surface area contributed by atoms with Crippen LogP contribution in [0.15, 0.2) is 52.1 Å². The average molecular weight is 415 g/mol. The highest BCUT2D eigenvalue weighted by molar-refractivity contribution is 7.89. The number of hydrogen-bond donors (Lipinski definition) is 2. The molecule has 0 spiro atoms. The highest BCUT2D eigenvalue weighted by Crippen LogP contribution is 2.32. The van der Waals surface area contributed by atoms with Gasteiger partial charge in [-0.15, -0.1) is 0 Å². The second-order valence-electron chi connectivity index (χ2n) is 6.45. The fourth-order valence-corrected chi connectivity index (χ4v) is 5.30. The number of hydrogen-bond acceptors (Lipinski definition) is 5. The number of amides is 1. The second-order valence-corrected chi connectivity index (χ2v) is 9.13. The number of nitrogens with one attached hydrogen (secondary N) is 2. The van der Waals surface area contributed by atoms with Crippen LogP contribution in [0.2, 0.25) is 0 Å². The summed E-state index contributed by atoms with van der Waals surface area (Å²) in [7, 11) is -3.63. The minimum absolute atomic E-state index is 0.159. The molecule has 0 saturated carbocycles. The van der Waals surface area contributed by atoms with E-state index in [0.29, 0.717) is 22.6 Å². The Kier molecular flexibility index (Phi) is 4.88. The van der Waals surface area contributed by atoms with Crippen LogP contribution in [-0.2, 0) is 27.9 Å². The Balaban J connectivity index is 1.50. The lowest BCUT2D eigenvalue weighted by Gasteiger charge is -2.17. The number of sulfonamides is 1. The van der Waals surface area contributed by atoms with E-state index in [0.717, 1.165) is 5.56 Å². The van der Waals surface area contributed by atoms with Gasteiger partial charge in [0.15, 0.2) is 5.82 Å². The molecule has 0 bridgehead atoms. The zero-order valence-electron chi connectivity index (χ0n) is 15.0. The van der Waals surface area contributed by atoms with E-state index in [4.69, 9.17) is 0 Å². The number of nitrogens with zero attached hydrogens (tertiary/aromatic N) is 2. The summed E-state index contributed by atoms with van der Waals surface area (Å²) in [4.78, 5) is 12.5. The molecule has 28 heavy (non-hydrogen) atoms. The van der Waals surface area contributed by atoms with E-state index in [2.05, 4.69) is 15.5 Å². The van der Waals surface area contributed by atoms with Crippen molar-refractivity contribution in [2.75, 3.05) is 5.32 Å². The van der Waals surface area contributed by atoms with Crippen molar-refractivity contribution >= 4 is 39.2 Å². The Morgan fingerprint density at radius 1 is 1.29 bits per heavy atom. The first-order valence-corrected chi connectivity index (χ1v) is 11.0. The van der Waals surface area contributed by atoms with Gasteiger partial charge < -0.3 is 5.32 Å². The van der Waals surface area contributed by atoms with Crippen molar-refractivity contribution in [3.8, 4) is 0 Å². The van der Waals surface area contributed by atoms with Crippen LogP contribution in [0.5, 0.6) is 0 Å². The van der Waals surface area contributed by atoms with Gasteiger partial charge in [0.05, 0.1) is 17.1 Å². The molecule has 0 unspecified atom stereocenters. The summed E-state index contributed by atoms with van der Waals surface area (Å²) in [6.45, 7) is 2.13. The fraction of sp³-hybridized carbons (Fsp3) is 0.158. The van der Waals surface area contributed by atoms with Gasteiger partial charge in [-0.1, -0.05) is 18.2 Å². The lowest BCUT2D eigenvalue weighted by molar-refractivity contribution is -0.111. The third-order valence-electron chi connectivity index (χ3n) is 4.55. The molecule has 9 heteroatoms. The zero-order chi connectivity index (χ0) is 19.7. The van der Waals surface area contributed by atoms with Gasteiger partial charge in [-0.2, -0.15) is 20.7 Å². The first kappa shape index (κ1) is 18.6. The van der Waals surface area contributed by atoms with E-state index in [9.17, 15) is 13.2 Å². The molecule has 2 aromatic heterocycles. The first-order chi connectivity index (χ1) is 13.4. The van der Waals surface area contributed by atoms with Gasteiger partial charge in [-0.3, -0.25) is 9.89 Å². The lowest BCUT2D eigenvalue weighted by atomic mass is 10.2. The molecule has 1 aliphatic rings. The van der Waals surface area contributed by atoms with Crippen LogP contribution in [0.25, 0.3) is 6.08 Å². The number of carbonyl (C=O) groups excluding carboxylic acids is 1. The number of aromatic nitrogens is 2. The van der Waals surface area contributed by atoms with Gasteiger partial charge in [0, 0.05) is 18.2 Å². The molecule has 0 saturated heterocycles. The maximum Gasteiger partial charge on any atom is 0.249 e. The van der Waals surface area contributed by atoms with E-state index in [1.54, 1.807) is 42.5 Å². The molecule has 0 aliphatic carbocycles. The molecule has 0 atom stereocenters. The minimum Gasteiger partial charge on any atom is -0.305 e. The molecule has 1 aromatic carbocycles. The standard InChI is InChI=1S/C19H18N4O3S2/c1-13-4-2-3-5-17(13)28(25,26)23-10-15-16(11-23)21-22-19(15)20-18(24)7-6-14-8-9-27-12-14/h2-9,12H,10-11H2,1H3,(H2,20,21,22,24)/b7-6+. The summed E-state index contributed by atoms with van der Waals surface area (Å²) in [5, 5.41) is 13.5. The van der Waals surface area contributed by atoms with Crippen molar-refractivity contribution in [2.24, 2.45) is 0 Å². The molecule has 0 fully saturated rings. The molecule has 4 rings (SSSR count). The largest absolute Gasteiger partial charge is 0.305 e. The Morgan fingerprint density at radius 2 is 2.11 bits per heavy atom. The second kappa shape index (κ2) is 7.34. The number of fused-ring (bicyclic) bond motifs is 1. The number of benzene rings is 1. The van der Waals surface area contributed by atoms with Gasteiger partial charge in [-0.25, -0.2) is 8.42 Å². The maximum absolute atomic E-state index is 13.0. The summed E-state index contributed by atoms with van der Waals surface area (Å²) in [5.41, 5.74) is 3.02. The Bertz CT molecular complexity index is 1150. The first-order valence-electron chi connectivity index (χ1n) is 8.58. The van der Waals surface area contributed by atoms with Crippen molar-refractivity contribution in [2.45, 2.75) is 24.9 Å². The van der Waals surface area contributed by atoms with Gasteiger partial charge in [-0.05, 0) is 47.0 Å². The van der Waals surface area contributed by atoms with Crippen LogP contribution in [0.3, 0.4) is 0 Å². The van der Waals surface area contributed by atoms with Crippen LogP contribution in [0, 0.1) is 6.92 Å². The van der Waals surface area contributed by atoms with Crippen molar-refractivity contribution in [1.29, 1.82) is 0 Å². The third kappa shape index (κ3) is 3.51.